The molecule has 0 saturated carbocycles. The zero-order chi connectivity index (χ0) is 17.1. The first kappa shape index (κ1) is 16.1. The first-order chi connectivity index (χ1) is 11.6. The van der Waals surface area contributed by atoms with Gasteiger partial charge in [-0.25, -0.2) is 4.98 Å². The largest absolute Gasteiger partial charge is 0.444 e. The van der Waals surface area contributed by atoms with Gasteiger partial charge in [0.25, 0.3) is 5.91 Å². The van der Waals surface area contributed by atoms with E-state index >= 15 is 0 Å². The number of amides is 1. The summed E-state index contributed by atoms with van der Waals surface area (Å²) >= 11 is 11.8. The molecule has 5 nitrogen and oxygen atoms in total. The minimum atomic E-state index is -0.444. The third kappa shape index (κ3) is 3.40. The zero-order valence-electron chi connectivity index (χ0n) is 12.1. The topological polar surface area (TPSA) is 78.9 Å². The van der Waals surface area contributed by atoms with Crippen molar-refractivity contribution in [2.45, 2.75) is 0 Å². The van der Waals surface area contributed by atoms with Crippen molar-refractivity contribution < 1.29 is 9.21 Å². The molecular weight excluding hydrogens is 349 g/mol. The van der Waals surface area contributed by atoms with Crippen LogP contribution in [0.15, 0.2) is 53.1 Å². The molecule has 0 bridgehead atoms. The lowest BCUT2D eigenvalue weighted by molar-refractivity contribution is 0.102. The Morgan fingerprint density at radius 3 is 2.75 bits per heavy atom. The van der Waals surface area contributed by atoms with Crippen LogP contribution in [0.2, 0.25) is 10.0 Å². The summed E-state index contributed by atoms with van der Waals surface area (Å²) in [4.78, 5) is 16.4. The number of rotatable bonds is 3. The lowest BCUT2D eigenvalue weighted by Gasteiger charge is -2.02. The quantitative estimate of drug-likeness (QED) is 0.731. The van der Waals surface area contributed by atoms with Crippen LogP contribution in [0, 0.1) is 11.3 Å². The Morgan fingerprint density at radius 1 is 1.17 bits per heavy atom. The second kappa shape index (κ2) is 6.75. The highest BCUT2D eigenvalue weighted by Gasteiger charge is 2.14. The van der Waals surface area contributed by atoms with Crippen LogP contribution < -0.4 is 5.32 Å². The molecule has 0 radical (unpaired) electrons. The SMILES string of the molecule is N#Cc1cccc(NC(=O)c2coc(-c3ccc(Cl)c(Cl)c3)n2)c1. The number of halogens is 2. The van der Waals surface area contributed by atoms with Gasteiger partial charge in [-0.2, -0.15) is 5.26 Å². The van der Waals surface area contributed by atoms with E-state index < -0.39 is 5.91 Å². The van der Waals surface area contributed by atoms with Crippen molar-refractivity contribution in [3.8, 4) is 17.5 Å². The van der Waals surface area contributed by atoms with Crippen molar-refractivity contribution in [2.24, 2.45) is 0 Å². The zero-order valence-corrected chi connectivity index (χ0v) is 13.6. The molecule has 0 fully saturated rings. The van der Waals surface area contributed by atoms with Gasteiger partial charge in [-0.15, -0.1) is 0 Å². The van der Waals surface area contributed by atoms with E-state index in [1.165, 1.54) is 6.26 Å². The number of hydrogen-bond acceptors (Lipinski definition) is 4. The first-order valence-electron chi connectivity index (χ1n) is 6.79. The average Bonchev–Trinajstić information content (AvgIpc) is 3.08. The molecule has 24 heavy (non-hydrogen) atoms. The molecule has 1 aromatic heterocycles. The van der Waals surface area contributed by atoms with Crippen LogP contribution in [0.1, 0.15) is 16.1 Å². The second-order valence-corrected chi connectivity index (χ2v) is 5.63. The highest BCUT2D eigenvalue weighted by Crippen LogP contribution is 2.28. The van der Waals surface area contributed by atoms with Gasteiger partial charge in [0.1, 0.15) is 6.26 Å². The number of nitrogens with one attached hydrogen (secondary N) is 1. The molecule has 1 N–H and O–H groups in total. The lowest BCUT2D eigenvalue weighted by Crippen LogP contribution is -2.12. The third-order valence-electron chi connectivity index (χ3n) is 3.15. The number of hydrogen-bond donors (Lipinski definition) is 1. The van der Waals surface area contributed by atoms with Crippen LogP contribution in [-0.4, -0.2) is 10.9 Å². The fraction of sp³-hybridized carbons (Fsp3) is 0. The number of aromatic nitrogens is 1. The maximum Gasteiger partial charge on any atom is 0.277 e. The number of nitrogens with zero attached hydrogens (tertiary/aromatic N) is 2. The molecule has 3 aromatic rings. The predicted molar refractivity (Wildman–Crippen MR) is 91.1 cm³/mol. The summed E-state index contributed by atoms with van der Waals surface area (Å²) in [6.07, 6.45) is 1.25. The van der Waals surface area contributed by atoms with E-state index in [4.69, 9.17) is 32.9 Å². The Bertz CT molecular complexity index is 960. The van der Waals surface area contributed by atoms with Crippen LogP contribution in [0.5, 0.6) is 0 Å². The van der Waals surface area contributed by atoms with Gasteiger partial charge < -0.3 is 9.73 Å². The molecule has 0 spiro atoms. The van der Waals surface area contributed by atoms with E-state index in [9.17, 15) is 4.79 Å². The molecule has 118 valence electrons. The van der Waals surface area contributed by atoms with Crippen LogP contribution in [0.4, 0.5) is 5.69 Å². The van der Waals surface area contributed by atoms with E-state index in [0.29, 0.717) is 26.9 Å². The summed E-state index contributed by atoms with van der Waals surface area (Å²) in [5.41, 5.74) is 1.66. The van der Waals surface area contributed by atoms with Crippen LogP contribution in [-0.2, 0) is 0 Å². The van der Waals surface area contributed by atoms with E-state index in [0.717, 1.165) is 0 Å². The number of benzene rings is 2. The van der Waals surface area contributed by atoms with Gasteiger partial charge in [-0.05, 0) is 36.4 Å². The van der Waals surface area contributed by atoms with Gasteiger partial charge in [0.2, 0.25) is 5.89 Å². The van der Waals surface area contributed by atoms with Crippen molar-refractivity contribution in [3.63, 3.8) is 0 Å². The molecule has 0 unspecified atom stereocenters. The molecular formula is C17H9Cl2N3O2. The van der Waals surface area contributed by atoms with Gasteiger partial charge in [-0.1, -0.05) is 29.3 Å². The Morgan fingerprint density at radius 2 is 2.00 bits per heavy atom. The number of anilines is 1. The fourth-order valence-corrected chi connectivity index (χ4v) is 2.30. The average molecular weight is 358 g/mol. The fourth-order valence-electron chi connectivity index (χ4n) is 2.00. The van der Waals surface area contributed by atoms with Gasteiger partial charge in [0.05, 0.1) is 21.7 Å². The second-order valence-electron chi connectivity index (χ2n) is 4.81. The smallest absolute Gasteiger partial charge is 0.277 e. The molecule has 1 heterocycles. The summed E-state index contributed by atoms with van der Waals surface area (Å²) in [6.45, 7) is 0. The van der Waals surface area contributed by atoms with E-state index in [-0.39, 0.29) is 11.6 Å². The Kier molecular flexibility index (Phi) is 4.52. The van der Waals surface area contributed by atoms with Crippen LogP contribution in [0.25, 0.3) is 11.5 Å². The number of nitriles is 1. The molecule has 7 heteroatoms. The monoisotopic (exact) mass is 357 g/mol. The summed E-state index contributed by atoms with van der Waals surface area (Å²) < 4.78 is 5.32. The van der Waals surface area contributed by atoms with Crippen molar-refractivity contribution in [3.05, 3.63) is 70.0 Å². The maximum absolute atomic E-state index is 12.2. The maximum atomic E-state index is 12.2. The van der Waals surface area contributed by atoms with Crippen molar-refractivity contribution in [1.82, 2.24) is 4.98 Å². The van der Waals surface area contributed by atoms with Crippen LogP contribution >= 0.6 is 23.2 Å². The number of carbonyl (C=O) groups is 1. The van der Waals surface area contributed by atoms with Crippen molar-refractivity contribution >= 4 is 34.8 Å². The van der Waals surface area contributed by atoms with Crippen molar-refractivity contribution in [2.75, 3.05) is 5.32 Å². The van der Waals surface area contributed by atoms with Gasteiger partial charge in [0, 0.05) is 11.3 Å². The number of carbonyl (C=O) groups excluding carboxylic acids is 1. The standard InChI is InChI=1S/C17H9Cl2N3O2/c18-13-5-4-11(7-14(13)19)17-22-15(9-24-17)16(23)21-12-3-1-2-10(6-12)8-20/h1-7,9H,(H,21,23). The van der Waals surface area contributed by atoms with E-state index in [2.05, 4.69) is 10.3 Å². The lowest BCUT2D eigenvalue weighted by atomic mass is 10.2. The molecule has 3 rings (SSSR count). The van der Waals surface area contributed by atoms with Gasteiger partial charge in [0.15, 0.2) is 5.69 Å². The van der Waals surface area contributed by atoms with E-state index in [1.807, 2.05) is 6.07 Å². The molecule has 0 aliphatic carbocycles. The molecule has 1 amide bonds. The Labute approximate surface area is 147 Å². The minimum Gasteiger partial charge on any atom is -0.444 e. The highest BCUT2D eigenvalue weighted by atomic mass is 35.5. The van der Waals surface area contributed by atoms with Crippen LogP contribution in [0.3, 0.4) is 0 Å². The molecule has 2 aromatic carbocycles. The summed E-state index contributed by atoms with van der Waals surface area (Å²) in [7, 11) is 0. The Hall–Kier alpha value is -2.81. The third-order valence-corrected chi connectivity index (χ3v) is 3.89. The molecule has 0 aliphatic rings. The molecule has 0 aliphatic heterocycles. The molecule has 0 saturated heterocycles. The van der Waals surface area contributed by atoms with Gasteiger partial charge >= 0.3 is 0 Å². The summed E-state index contributed by atoms with van der Waals surface area (Å²) in [5.74, 6) is -0.190. The van der Waals surface area contributed by atoms with Gasteiger partial charge in [-0.3, -0.25) is 4.79 Å². The number of oxazole rings is 1. The van der Waals surface area contributed by atoms with E-state index in [1.54, 1.807) is 42.5 Å². The summed E-state index contributed by atoms with van der Waals surface area (Å²) in [6, 6.07) is 13.5. The van der Waals surface area contributed by atoms with Crippen molar-refractivity contribution in [1.29, 1.82) is 5.26 Å². The molecule has 0 atom stereocenters. The normalized spacial score (nSPS) is 10.2. The predicted octanol–water partition coefficient (Wildman–Crippen LogP) is 4.77. The first-order valence-corrected chi connectivity index (χ1v) is 7.55. The minimum absolute atomic E-state index is 0.110. The Balaban J connectivity index is 1.80. The summed E-state index contributed by atoms with van der Waals surface area (Å²) in [5, 5.41) is 12.3. The highest BCUT2D eigenvalue weighted by molar-refractivity contribution is 6.42.